The van der Waals surface area contributed by atoms with E-state index in [1.165, 1.54) is 17.5 Å². The van der Waals surface area contributed by atoms with Gasteiger partial charge < -0.3 is 9.73 Å². The Morgan fingerprint density at radius 1 is 1.08 bits per heavy atom. The van der Waals surface area contributed by atoms with Crippen molar-refractivity contribution in [2.75, 3.05) is 13.1 Å². The van der Waals surface area contributed by atoms with Crippen molar-refractivity contribution in [3.8, 4) is 22.6 Å². The molecule has 0 bridgehead atoms. The van der Waals surface area contributed by atoms with Crippen molar-refractivity contribution < 1.29 is 13.2 Å². The number of benzene rings is 1. The van der Waals surface area contributed by atoms with E-state index in [4.69, 9.17) is 4.42 Å². The fraction of sp³-hybridized carbons (Fsp3) is 0.292. The van der Waals surface area contributed by atoms with Gasteiger partial charge in [-0.05, 0) is 55.8 Å². The van der Waals surface area contributed by atoms with Gasteiger partial charge >= 0.3 is 11.3 Å². The van der Waals surface area contributed by atoms with Gasteiger partial charge in [0, 0.05) is 18.0 Å². The minimum absolute atomic E-state index is 0.0292. The molecule has 9 nitrogen and oxygen atoms in total. The summed E-state index contributed by atoms with van der Waals surface area (Å²) in [6.45, 7) is 2.28. The van der Waals surface area contributed by atoms with Crippen LogP contribution in [0.3, 0.4) is 0 Å². The van der Waals surface area contributed by atoms with Gasteiger partial charge in [-0.25, -0.2) is 0 Å². The van der Waals surface area contributed by atoms with E-state index in [9.17, 15) is 13.6 Å². The van der Waals surface area contributed by atoms with Crippen LogP contribution < -0.4 is 10.2 Å². The molecule has 4 aromatic heterocycles. The summed E-state index contributed by atoms with van der Waals surface area (Å²) in [5, 5.41) is 14.9. The fourth-order valence-corrected chi connectivity index (χ4v) is 5.33. The lowest BCUT2D eigenvalue weighted by Gasteiger charge is -2.22. The maximum atomic E-state index is 12.8. The minimum atomic E-state index is -2.83. The molecule has 12 heteroatoms. The van der Waals surface area contributed by atoms with Gasteiger partial charge in [-0.3, -0.25) is 19.0 Å². The zero-order chi connectivity index (χ0) is 24.6. The lowest BCUT2D eigenvalue weighted by atomic mass is 10.1. The van der Waals surface area contributed by atoms with E-state index in [0.29, 0.717) is 17.3 Å². The van der Waals surface area contributed by atoms with Gasteiger partial charge in [0.15, 0.2) is 0 Å². The van der Waals surface area contributed by atoms with Crippen LogP contribution in [0.2, 0.25) is 0 Å². The van der Waals surface area contributed by atoms with Crippen LogP contribution in [-0.4, -0.2) is 42.6 Å². The molecule has 5 heterocycles. The molecule has 0 atom stereocenters. The van der Waals surface area contributed by atoms with Crippen molar-refractivity contribution in [2.24, 2.45) is 0 Å². The second kappa shape index (κ2) is 9.36. The largest absolute Gasteiger partial charge is 0.415 e. The summed E-state index contributed by atoms with van der Waals surface area (Å²) in [5.74, 6) is -0.762. The SMILES string of the molecule is O=c1sc2cc(-c3cnn(C4CCNCC4)c3)ccc2n1Cc1ccc(-c2nnc(C(F)F)o2)cn1. The van der Waals surface area contributed by atoms with Crippen LogP contribution in [0.25, 0.3) is 32.8 Å². The van der Waals surface area contributed by atoms with Gasteiger partial charge in [-0.15, -0.1) is 10.2 Å². The average Bonchev–Trinajstić information content (AvgIpc) is 3.65. The van der Waals surface area contributed by atoms with Crippen molar-refractivity contribution in [3.05, 3.63) is 70.2 Å². The number of aromatic nitrogens is 6. The number of thiazole rings is 1. The summed E-state index contributed by atoms with van der Waals surface area (Å²) in [7, 11) is 0. The molecule has 1 N–H and O–H groups in total. The summed E-state index contributed by atoms with van der Waals surface area (Å²) < 4.78 is 34.9. The number of hydrogen-bond acceptors (Lipinski definition) is 8. The number of hydrogen-bond donors (Lipinski definition) is 1. The first-order chi connectivity index (χ1) is 17.5. The average molecular weight is 510 g/mol. The Morgan fingerprint density at radius 3 is 2.67 bits per heavy atom. The Balaban J connectivity index is 1.22. The molecule has 0 unspecified atom stereocenters. The van der Waals surface area contributed by atoms with E-state index in [1.54, 1.807) is 16.7 Å². The standard InChI is InChI=1S/C24H21F2N7O2S/c25-21(26)23-31-30-22(35-23)15-1-3-17(28-10-15)13-32-19-4-2-14(9-20(19)36-24(32)34)16-11-29-33(12-16)18-5-7-27-8-6-18/h1-4,9-12,18,21,27H,5-8,13H2. The fourth-order valence-electron chi connectivity index (χ4n) is 4.40. The lowest BCUT2D eigenvalue weighted by molar-refractivity contribution is 0.116. The van der Waals surface area contributed by atoms with Crippen LogP contribution in [0.4, 0.5) is 8.78 Å². The molecule has 0 spiro atoms. The van der Waals surface area contributed by atoms with Crippen LogP contribution >= 0.6 is 11.3 Å². The first-order valence-corrected chi connectivity index (χ1v) is 12.3. The van der Waals surface area contributed by atoms with Crippen molar-refractivity contribution in [3.63, 3.8) is 0 Å². The van der Waals surface area contributed by atoms with E-state index >= 15 is 0 Å². The molecule has 5 aromatic rings. The third kappa shape index (κ3) is 4.33. The van der Waals surface area contributed by atoms with Crippen LogP contribution in [-0.2, 0) is 6.54 Å². The molecular formula is C24H21F2N7O2S. The van der Waals surface area contributed by atoms with Crippen LogP contribution in [0.5, 0.6) is 0 Å². The Labute approximate surface area is 207 Å². The van der Waals surface area contributed by atoms with Crippen molar-refractivity contribution in [1.82, 2.24) is 34.8 Å². The number of nitrogens with one attached hydrogen (secondary N) is 1. The molecule has 0 radical (unpaired) electrons. The highest BCUT2D eigenvalue weighted by Crippen LogP contribution is 2.28. The molecule has 6 rings (SSSR count). The molecule has 1 aromatic carbocycles. The Morgan fingerprint density at radius 2 is 1.92 bits per heavy atom. The van der Waals surface area contributed by atoms with E-state index < -0.39 is 12.3 Å². The van der Waals surface area contributed by atoms with Crippen molar-refractivity contribution >= 4 is 21.6 Å². The number of halogens is 2. The summed E-state index contributed by atoms with van der Waals surface area (Å²) in [6, 6.07) is 9.74. The summed E-state index contributed by atoms with van der Waals surface area (Å²) >= 11 is 1.19. The monoisotopic (exact) mass is 509 g/mol. The smallest absolute Gasteiger partial charge is 0.314 e. The first-order valence-electron chi connectivity index (χ1n) is 11.5. The van der Waals surface area contributed by atoms with E-state index in [1.807, 2.05) is 29.1 Å². The number of rotatable bonds is 6. The zero-order valence-corrected chi connectivity index (χ0v) is 19.8. The molecule has 36 heavy (non-hydrogen) atoms. The molecule has 1 fully saturated rings. The summed E-state index contributed by atoms with van der Waals surface area (Å²) in [4.78, 5) is 17.1. The maximum Gasteiger partial charge on any atom is 0.314 e. The highest BCUT2D eigenvalue weighted by molar-refractivity contribution is 7.16. The maximum absolute atomic E-state index is 12.8. The van der Waals surface area contributed by atoms with Gasteiger partial charge in [-0.1, -0.05) is 17.4 Å². The third-order valence-electron chi connectivity index (χ3n) is 6.30. The second-order valence-corrected chi connectivity index (χ2v) is 9.60. The minimum Gasteiger partial charge on any atom is -0.415 e. The predicted molar refractivity (Wildman–Crippen MR) is 130 cm³/mol. The van der Waals surface area contributed by atoms with Crippen LogP contribution in [0.1, 0.15) is 36.9 Å². The number of nitrogens with zero attached hydrogens (tertiary/aromatic N) is 6. The van der Waals surface area contributed by atoms with Gasteiger partial charge in [0.2, 0.25) is 5.89 Å². The predicted octanol–water partition coefficient (Wildman–Crippen LogP) is 4.28. The first kappa shape index (κ1) is 22.7. The van der Waals surface area contributed by atoms with Crippen molar-refractivity contribution in [1.29, 1.82) is 0 Å². The zero-order valence-electron chi connectivity index (χ0n) is 19.0. The molecule has 1 aliphatic rings. The van der Waals surface area contributed by atoms with Gasteiger partial charge in [0.1, 0.15) is 0 Å². The molecule has 1 aliphatic heterocycles. The summed E-state index contributed by atoms with van der Waals surface area (Å²) in [5.41, 5.74) is 3.93. The van der Waals surface area contributed by atoms with Gasteiger partial charge in [0.25, 0.3) is 5.89 Å². The Kier molecular flexibility index (Phi) is 5.89. The molecule has 184 valence electrons. The normalized spacial score (nSPS) is 14.8. The van der Waals surface area contributed by atoms with Gasteiger partial charge in [0.05, 0.1) is 40.3 Å². The van der Waals surface area contributed by atoms with E-state index in [0.717, 1.165) is 47.3 Å². The number of fused-ring (bicyclic) bond motifs is 1. The quantitative estimate of drug-likeness (QED) is 0.364. The van der Waals surface area contributed by atoms with E-state index in [-0.39, 0.29) is 17.3 Å². The second-order valence-electron chi connectivity index (χ2n) is 8.61. The highest BCUT2D eigenvalue weighted by Gasteiger charge is 2.18. The topological polar surface area (TPSA) is 104 Å². The Bertz CT molecular complexity index is 1570. The van der Waals surface area contributed by atoms with Crippen LogP contribution in [0.15, 0.2) is 58.1 Å². The molecular weight excluding hydrogens is 488 g/mol. The lowest BCUT2D eigenvalue weighted by Crippen LogP contribution is -2.29. The number of piperidine rings is 1. The Hall–Kier alpha value is -3.77. The van der Waals surface area contributed by atoms with E-state index in [2.05, 4.69) is 31.8 Å². The molecule has 0 aliphatic carbocycles. The molecule has 0 saturated carbocycles. The molecule has 1 saturated heterocycles. The third-order valence-corrected chi connectivity index (χ3v) is 7.25. The highest BCUT2D eigenvalue weighted by atomic mass is 32.1. The van der Waals surface area contributed by atoms with Gasteiger partial charge in [-0.2, -0.15) is 13.9 Å². The summed E-state index contributed by atoms with van der Waals surface area (Å²) in [6.07, 6.45) is 4.72. The van der Waals surface area contributed by atoms with Crippen LogP contribution in [0, 0.1) is 0 Å². The molecule has 0 amide bonds. The number of alkyl halides is 2. The number of pyridine rings is 1. The van der Waals surface area contributed by atoms with Crippen molar-refractivity contribution in [2.45, 2.75) is 31.9 Å².